The Bertz CT molecular complexity index is 535. The van der Waals surface area contributed by atoms with Crippen molar-refractivity contribution in [2.45, 2.75) is 39.4 Å². The molecule has 1 atom stereocenters. The molecule has 0 aliphatic rings. The Morgan fingerprint density at radius 1 is 1.29 bits per heavy atom. The van der Waals surface area contributed by atoms with E-state index in [1.165, 1.54) is 11.1 Å². The fraction of sp³-hybridized carbons (Fsp3) is 0.500. The van der Waals surface area contributed by atoms with Crippen molar-refractivity contribution < 1.29 is 0 Å². The second-order valence-electron chi connectivity index (χ2n) is 5.52. The van der Waals surface area contributed by atoms with Crippen LogP contribution in [-0.2, 0) is 6.54 Å². The van der Waals surface area contributed by atoms with Crippen LogP contribution in [0.1, 0.15) is 44.0 Å². The van der Waals surface area contributed by atoms with Gasteiger partial charge in [0.15, 0.2) is 0 Å². The van der Waals surface area contributed by atoms with E-state index >= 15 is 0 Å². The topological polar surface area (TPSA) is 60.0 Å². The predicted molar refractivity (Wildman–Crippen MR) is 84.7 cm³/mol. The van der Waals surface area contributed by atoms with Gasteiger partial charge < -0.3 is 5.73 Å². The molecule has 0 saturated carbocycles. The number of aromatic nitrogens is 3. The van der Waals surface area contributed by atoms with Crippen LogP contribution >= 0.6 is 0 Å². The van der Waals surface area contributed by atoms with Crippen LogP contribution in [0.5, 0.6) is 0 Å². The van der Waals surface area contributed by atoms with Crippen molar-refractivity contribution >= 4 is 0 Å². The average Bonchev–Trinajstić information content (AvgIpc) is 2.98. The first-order valence-corrected chi connectivity index (χ1v) is 7.52. The zero-order chi connectivity index (χ0) is 15.2. The van der Waals surface area contributed by atoms with E-state index in [-0.39, 0.29) is 6.04 Å². The van der Waals surface area contributed by atoms with Crippen molar-refractivity contribution in [1.82, 2.24) is 19.7 Å². The summed E-state index contributed by atoms with van der Waals surface area (Å²) in [5, 5.41) is 4.43. The summed E-state index contributed by atoms with van der Waals surface area (Å²) < 4.78 is 1.98. The first-order chi connectivity index (χ1) is 10.2. The molecule has 2 heterocycles. The lowest BCUT2D eigenvalue weighted by atomic mass is 10.1. The van der Waals surface area contributed by atoms with Crippen molar-refractivity contribution in [3.8, 4) is 0 Å². The number of hydrogen-bond donors (Lipinski definition) is 1. The van der Waals surface area contributed by atoms with Gasteiger partial charge in [0.25, 0.3) is 0 Å². The minimum atomic E-state index is 0.190. The Morgan fingerprint density at radius 2 is 2.00 bits per heavy atom. The van der Waals surface area contributed by atoms with E-state index in [4.69, 9.17) is 5.73 Å². The van der Waals surface area contributed by atoms with Gasteiger partial charge in [-0.1, -0.05) is 6.92 Å². The summed E-state index contributed by atoms with van der Waals surface area (Å²) in [5.41, 5.74) is 8.46. The zero-order valence-electron chi connectivity index (χ0n) is 13.1. The van der Waals surface area contributed by atoms with Crippen LogP contribution in [0.3, 0.4) is 0 Å². The predicted octanol–water partition coefficient (Wildman–Crippen LogP) is 2.38. The highest BCUT2D eigenvalue weighted by atomic mass is 15.3. The smallest absolute Gasteiger partial charge is 0.0538 e. The van der Waals surface area contributed by atoms with E-state index in [9.17, 15) is 0 Å². The summed E-state index contributed by atoms with van der Waals surface area (Å²) in [6, 6.07) is 4.66. The van der Waals surface area contributed by atoms with Crippen molar-refractivity contribution in [2.24, 2.45) is 5.73 Å². The lowest BCUT2D eigenvalue weighted by molar-refractivity contribution is 0.203. The number of hydrogen-bond acceptors (Lipinski definition) is 4. The summed E-state index contributed by atoms with van der Waals surface area (Å²) in [6.45, 7) is 8.82. The highest BCUT2D eigenvalue weighted by molar-refractivity contribution is 5.14. The Kier molecular flexibility index (Phi) is 5.47. The first-order valence-electron chi connectivity index (χ1n) is 7.52. The van der Waals surface area contributed by atoms with Gasteiger partial charge in [0.2, 0.25) is 0 Å². The molecule has 2 aromatic heterocycles. The first kappa shape index (κ1) is 15.7. The third-order valence-electron chi connectivity index (χ3n) is 3.74. The van der Waals surface area contributed by atoms with Crippen molar-refractivity contribution in [3.63, 3.8) is 0 Å². The Morgan fingerprint density at radius 3 is 2.52 bits per heavy atom. The van der Waals surface area contributed by atoms with Crippen LogP contribution in [0, 0.1) is 0 Å². The molecule has 5 nitrogen and oxygen atoms in total. The van der Waals surface area contributed by atoms with Crippen LogP contribution < -0.4 is 5.73 Å². The molecule has 2 N–H and O–H groups in total. The number of nitrogens with zero attached hydrogens (tertiary/aromatic N) is 4. The molecule has 0 amide bonds. The molecule has 0 aromatic carbocycles. The normalized spacial score (nSPS) is 13.0. The minimum absolute atomic E-state index is 0.190. The molecular weight excluding hydrogens is 262 g/mol. The van der Waals surface area contributed by atoms with Gasteiger partial charge in [0.05, 0.1) is 12.2 Å². The van der Waals surface area contributed by atoms with E-state index in [0.29, 0.717) is 12.6 Å². The van der Waals surface area contributed by atoms with Crippen LogP contribution in [0.2, 0.25) is 0 Å². The molecule has 0 radical (unpaired) electrons. The fourth-order valence-electron chi connectivity index (χ4n) is 2.47. The minimum Gasteiger partial charge on any atom is -0.329 e. The van der Waals surface area contributed by atoms with Crippen molar-refractivity contribution in [2.75, 3.05) is 13.1 Å². The van der Waals surface area contributed by atoms with Crippen molar-refractivity contribution in [1.29, 1.82) is 0 Å². The highest BCUT2D eigenvalue weighted by Crippen LogP contribution is 2.22. The van der Waals surface area contributed by atoms with Gasteiger partial charge in [-0.15, -0.1) is 0 Å². The van der Waals surface area contributed by atoms with E-state index < -0.39 is 0 Å². The maximum atomic E-state index is 6.03. The Hall–Kier alpha value is -1.72. The summed E-state index contributed by atoms with van der Waals surface area (Å²) >= 11 is 0. The molecule has 0 fully saturated rings. The van der Waals surface area contributed by atoms with E-state index in [1.807, 2.05) is 35.4 Å². The summed E-state index contributed by atoms with van der Waals surface area (Å²) in [6.07, 6.45) is 7.71. The summed E-state index contributed by atoms with van der Waals surface area (Å²) in [5.74, 6) is 0. The van der Waals surface area contributed by atoms with Gasteiger partial charge >= 0.3 is 0 Å². The zero-order valence-corrected chi connectivity index (χ0v) is 13.1. The fourth-order valence-corrected chi connectivity index (χ4v) is 2.47. The maximum absolute atomic E-state index is 6.03. The second-order valence-corrected chi connectivity index (χ2v) is 5.52. The number of nitrogens with two attached hydrogens (primary N) is 1. The van der Waals surface area contributed by atoms with E-state index in [2.05, 4.69) is 42.0 Å². The Labute approximate surface area is 126 Å². The van der Waals surface area contributed by atoms with Gasteiger partial charge in [-0.2, -0.15) is 5.10 Å². The maximum Gasteiger partial charge on any atom is 0.0538 e. The quantitative estimate of drug-likeness (QED) is 0.849. The SMILES string of the molecule is CCN(Cc1ccncc1)C(CN)c1cnn(C(C)C)c1. The molecule has 0 spiro atoms. The van der Waals surface area contributed by atoms with E-state index in [1.54, 1.807) is 0 Å². The third-order valence-corrected chi connectivity index (χ3v) is 3.74. The molecule has 21 heavy (non-hydrogen) atoms. The molecule has 0 bridgehead atoms. The van der Waals surface area contributed by atoms with Crippen LogP contribution in [0.15, 0.2) is 36.9 Å². The van der Waals surface area contributed by atoms with Gasteiger partial charge in [-0.25, -0.2) is 0 Å². The van der Waals surface area contributed by atoms with Gasteiger partial charge in [0, 0.05) is 43.3 Å². The molecule has 0 saturated heterocycles. The number of pyridine rings is 1. The molecular formula is C16H25N5. The molecule has 2 aromatic rings. The van der Waals surface area contributed by atoms with Gasteiger partial charge in [-0.05, 0) is 38.1 Å². The summed E-state index contributed by atoms with van der Waals surface area (Å²) in [4.78, 5) is 6.44. The third kappa shape index (κ3) is 3.89. The van der Waals surface area contributed by atoms with Gasteiger partial charge in [-0.3, -0.25) is 14.6 Å². The molecule has 5 heteroatoms. The standard InChI is InChI=1S/C16H25N5/c1-4-20(11-14-5-7-18-8-6-14)16(9-17)15-10-19-21(12-15)13(2)3/h5-8,10,12-13,16H,4,9,11,17H2,1-3H3. The Balaban J connectivity index is 2.16. The molecule has 0 aliphatic carbocycles. The summed E-state index contributed by atoms with van der Waals surface area (Å²) in [7, 11) is 0. The van der Waals surface area contributed by atoms with Crippen LogP contribution in [0.25, 0.3) is 0 Å². The largest absolute Gasteiger partial charge is 0.329 e. The number of rotatable bonds is 7. The lowest BCUT2D eigenvalue weighted by Gasteiger charge is -2.29. The second kappa shape index (κ2) is 7.33. The lowest BCUT2D eigenvalue weighted by Crippen LogP contribution is -2.33. The van der Waals surface area contributed by atoms with Gasteiger partial charge in [0.1, 0.15) is 0 Å². The van der Waals surface area contributed by atoms with E-state index in [0.717, 1.165) is 13.1 Å². The van der Waals surface area contributed by atoms with Crippen LogP contribution in [-0.4, -0.2) is 32.8 Å². The van der Waals surface area contributed by atoms with Crippen LogP contribution in [0.4, 0.5) is 0 Å². The molecule has 1 unspecified atom stereocenters. The monoisotopic (exact) mass is 287 g/mol. The average molecular weight is 287 g/mol. The molecule has 2 rings (SSSR count). The van der Waals surface area contributed by atoms with Crippen molar-refractivity contribution in [3.05, 3.63) is 48.0 Å². The number of likely N-dealkylation sites (N-methyl/N-ethyl adjacent to an activating group) is 1. The molecule has 114 valence electrons. The highest BCUT2D eigenvalue weighted by Gasteiger charge is 2.20. The molecule has 0 aliphatic heterocycles.